The molecular formula is C16H22N2S. The molecular weight excluding hydrogens is 252 g/mol. The number of aryl methyl sites for hydroxylation is 3. The van der Waals surface area contributed by atoms with Crippen LogP contribution in [0.25, 0.3) is 0 Å². The van der Waals surface area contributed by atoms with Crippen LogP contribution in [0.3, 0.4) is 0 Å². The van der Waals surface area contributed by atoms with Crippen molar-refractivity contribution in [2.75, 3.05) is 6.54 Å². The van der Waals surface area contributed by atoms with Crippen LogP contribution < -0.4 is 5.32 Å². The quantitative estimate of drug-likeness (QED) is 0.885. The van der Waals surface area contributed by atoms with Crippen LogP contribution in [0.1, 0.15) is 46.6 Å². The Hall–Kier alpha value is -1.19. The average Bonchev–Trinajstić information content (AvgIpc) is 2.78. The normalized spacial score (nSPS) is 12.6. The molecule has 0 fully saturated rings. The number of thiophene rings is 1. The van der Waals surface area contributed by atoms with Gasteiger partial charge in [-0.25, -0.2) is 0 Å². The molecule has 0 saturated heterocycles. The van der Waals surface area contributed by atoms with Crippen molar-refractivity contribution in [3.8, 4) is 0 Å². The van der Waals surface area contributed by atoms with Gasteiger partial charge in [-0.1, -0.05) is 13.0 Å². The van der Waals surface area contributed by atoms with Gasteiger partial charge in [-0.15, -0.1) is 11.3 Å². The Morgan fingerprint density at radius 2 is 2.05 bits per heavy atom. The molecule has 1 N–H and O–H groups in total. The molecule has 2 heterocycles. The molecule has 1 atom stereocenters. The first-order chi connectivity index (χ1) is 9.13. The number of nitrogens with one attached hydrogen (secondary N) is 1. The van der Waals surface area contributed by atoms with E-state index in [1.807, 2.05) is 17.5 Å². The molecule has 2 nitrogen and oxygen atoms in total. The van der Waals surface area contributed by atoms with E-state index in [0.29, 0.717) is 0 Å². The van der Waals surface area contributed by atoms with Crippen LogP contribution in [0.4, 0.5) is 0 Å². The topological polar surface area (TPSA) is 24.9 Å². The van der Waals surface area contributed by atoms with E-state index in [1.165, 1.54) is 21.6 Å². The number of hydrogen-bond donors (Lipinski definition) is 1. The molecule has 2 aromatic heterocycles. The molecule has 2 rings (SSSR count). The summed E-state index contributed by atoms with van der Waals surface area (Å²) in [6, 6.07) is 4.62. The molecule has 0 amide bonds. The summed E-state index contributed by atoms with van der Waals surface area (Å²) in [7, 11) is 0. The van der Waals surface area contributed by atoms with Crippen molar-refractivity contribution < 1.29 is 0 Å². The zero-order valence-electron chi connectivity index (χ0n) is 12.2. The van der Waals surface area contributed by atoms with Crippen molar-refractivity contribution >= 4 is 11.3 Å². The van der Waals surface area contributed by atoms with E-state index in [1.54, 1.807) is 0 Å². The first kappa shape index (κ1) is 14.2. The molecule has 0 saturated carbocycles. The van der Waals surface area contributed by atoms with Gasteiger partial charge in [-0.05, 0) is 61.9 Å². The van der Waals surface area contributed by atoms with Gasteiger partial charge in [0, 0.05) is 11.1 Å². The van der Waals surface area contributed by atoms with Crippen molar-refractivity contribution in [1.29, 1.82) is 0 Å². The fraction of sp³-hybridized carbons (Fsp3) is 0.438. The van der Waals surface area contributed by atoms with Gasteiger partial charge in [0.2, 0.25) is 0 Å². The highest BCUT2D eigenvalue weighted by Gasteiger charge is 2.19. The molecule has 1 unspecified atom stereocenters. The lowest BCUT2D eigenvalue weighted by molar-refractivity contribution is 0.589. The Balaban J connectivity index is 2.40. The minimum absolute atomic E-state index is 0.223. The summed E-state index contributed by atoms with van der Waals surface area (Å²) in [6.07, 6.45) is 3.09. The maximum absolute atomic E-state index is 4.67. The second-order valence-electron chi connectivity index (χ2n) is 5.07. The molecule has 2 aromatic rings. The third-order valence-corrected chi connectivity index (χ3v) is 4.38. The average molecular weight is 274 g/mol. The SMILES string of the molecule is CCCNC(c1ncc(C)cc1C)c1sccc1C. The Bertz CT molecular complexity index is 545. The molecule has 102 valence electrons. The second-order valence-corrected chi connectivity index (χ2v) is 6.02. The van der Waals surface area contributed by atoms with Gasteiger partial charge in [0.15, 0.2) is 0 Å². The van der Waals surface area contributed by atoms with Crippen LogP contribution >= 0.6 is 11.3 Å². The first-order valence-electron chi connectivity index (χ1n) is 6.84. The number of aromatic nitrogens is 1. The molecule has 0 aromatic carbocycles. The molecule has 3 heteroatoms. The minimum atomic E-state index is 0.223. The van der Waals surface area contributed by atoms with Crippen molar-refractivity contribution in [3.05, 3.63) is 51.0 Å². The van der Waals surface area contributed by atoms with E-state index in [0.717, 1.165) is 18.7 Å². The molecule has 0 radical (unpaired) electrons. The van der Waals surface area contributed by atoms with Crippen LogP contribution in [-0.2, 0) is 0 Å². The number of pyridine rings is 1. The zero-order chi connectivity index (χ0) is 13.8. The molecule has 0 spiro atoms. The summed E-state index contributed by atoms with van der Waals surface area (Å²) in [5, 5.41) is 5.80. The Labute approximate surface area is 119 Å². The lowest BCUT2D eigenvalue weighted by Gasteiger charge is -2.20. The highest BCUT2D eigenvalue weighted by molar-refractivity contribution is 7.10. The fourth-order valence-electron chi connectivity index (χ4n) is 2.31. The zero-order valence-corrected chi connectivity index (χ0v) is 13.0. The summed E-state index contributed by atoms with van der Waals surface area (Å²) in [4.78, 5) is 6.05. The monoisotopic (exact) mass is 274 g/mol. The van der Waals surface area contributed by atoms with Gasteiger partial charge in [0.05, 0.1) is 11.7 Å². The van der Waals surface area contributed by atoms with Crippen molar-refractivity contribution in [2.24, 2.45) is 0 Å². The third-order valence-electron chi connectivity index (χ3n) is 3.29. The van der Waals surface area contributed by atoms with Crippen LogP contribution in [0.2, 0.25) is 0 Å². The smallest absolute Gasteiger partial charge is 0.0850 e. The second kappa shape index (κ2) is 6.31. The van der Waals surface area contributed by atoms with E-state index in [9.17, 15) is 0 Å². The van der Waals surface area contributed by atoms with E-state index < -0.39 is 0 Å². The Morgan fingerprint density at radius 3 is 2.63 bits per heavy atom. The van der Waals surface area contributed by atoms with Crippen molar-refractivity contribution in [2.45, 2.75) is 40.2 Å². The van der Waals surface area contributed by atoms with E-state index in [2.05, 4.69) is 55.5 Å². The first-order valence-corrected chi connectivity index (χ1v) is 7.72. The maximum atomic E-state index is 4.67. The Morgan fingerprint density at radius 1 is 1.26 bits per heavy atom. The van der Waals surface area contributed by atoms with Crippen LogP contribution in [0.5, 0.6) is 0 Å². The molecule has 0 aliphatic heterocycles. The van der Waals surface area contributed by atoms with E-state index in [4.69, 9.17) is 0 Å². The van der Waals surface area contributed by atoms with Gasteiger partial charge in [0.1, 0.15) is 0 Å². The summed E-state index contributed by atoms with van der Waals surface area (Å²) in [5.74, 6) is 0. The van der Waals surface area contributed by atoms with Crippen molar-refractivity contribution in [3.63, 3.8) is 0 Å². The minimum Gasteiger partial charge on any atom is -0.304 e. The number of hydrogen-bond acceptors (Lipinski definition) is 3. The van der Waals surface area contributed by atoms with Crippen LogP contribution in [-0.4, -0.2) is 11.5 Å². The summed E-state index contributed by atoms with van der Waals surface area (Å²) < 4.78 is 0. The van der Waals surface area contributed by atoms with Gasteiger partial charge in [-0.3, -0.25) is 4.98 Å². The molecule has 0 aliphatic rings. The predicted octanol–water partition coefficient (Wildman–Crippen LogP) is 4.16. The number of rotatable bonds is 5. The molecule has 19 heavy (non-hydrogen) atoms. The maximum Gasteiger partial charge on any atom is 0.0850 e. The Kier molecular flexibility index (Phi) is 4.72. The van der Waals surface area contributed by atoms with E-state index in [-0.39, 0.29) is 6.04 Å². The largest absolute Gasteiger partial charge is 0.304 e. The van der Waals surface area contributed by atoms with Crippen molar-refractivity contribution in [1.82, 2.24) is 10.3 Å². The van der Waals surface area contributed by atoms with Crippen LogP contribution in [0.15, 0.2) is 23.7 Å². The fourth-order valence-corrected chi connectivity index (χ4v) is 3.31. The van der Waals surface area contributed by atoms with Gasteiger partial charge >= 0.3 is 0 Å². The third kappa shape index (κ3) is 3.23. The highest BCUT2D eigenvalue weighted by Crippen LogP contribution is 2.30. The lowest BCUT2D eigenvalue weighted by Crippen LogP contribution is -2.24. The van der Waals surface area contributed by atoms with Gasteiger partial charge < -0.3 is 5.32 Å². The lowest BCUT2D eigenvalue weighted by atomic mass is 10.0. The summed E-state index contributed by atoms with van der Waals surface area (Å²) in [5.41, 5.74) is 4.99. The summed E-state index contributed by atoms with van der Waals surface area (Å²) >= 11 is 1.81. The van der Waals surface area contributed by atoms with Crippen LogP contribution in [0, 0.1) is 20.8 Å². The standard InChI is InChI=1S/C16H22N2S/c1-5-7-17-15(16-12(3)6-8-19-16)14-13(4)9-11(2)10-18-14/h6,8-10,15,17H,5,7H2,1-4H3. The molecule has 0 bridgehead atoms. The number of nitrogens with zero attached hydrogens (tertiary/aromatic N) is 1. The van der Waals surface area contributed by atoms with Gasteiger partial charge in [0.25, 0.3) is 0 Å². The highest BCUT2D eigenvalue weighted by atomic mass is 32.1. The molecule has 0 aliphatic carbocycles. The van der Waals surface area contributed by atoms with Gasteiger partial charge in [-0.2, -0.15) is 0 Å². The predicted molar refractivity (Wildman–Crippen MR) is 82.9 cm³/mol. The summed E-state index contributed by atoms with van der Waals surface area (Å²) in [6.45, 7) is 9.63. The van der Waals surface area contributed by atoms with E-state index >= 15 is 0 Å².